The number of nitrogen functional groups attached to an aromatic ring is 1. The first kappa shape index (κ1) is 25.1. The number of hydrogen-bond acceptors (Lipinski definition) is 11. The van der Waals surface area contributed by atoms with Crippen molar-refractivity contribution in [3.8, 4) is 11.6 Å². The summed E-state index contributed by atoms with van der Waals surface area (Å²) in [6.45, 7) is 5.24. The third kappa shape index (κ3) is 4.73. The Morgan fingerprint density at radius 3 is 2.92 bits per heavy atom. The summed E-state index contributed by atoms with van der Waals surface area (Å²) in [7, 11) is 0. The van der Waals surface area contributed by atoms with Gasteiger partial charge in [-0.25, -0.2) is 4.68 Å². The lowest BCUT2D eigenvalue weighted by Gasteiger charge is -2.37. The van der Waals surface area contributed by atoms with Crippen LogP contribution in [0, 0.1) is 0 Å². The van der Waals surface area contributed by atoms with E-state index in [9.17, 15) is 14.7 Å². The minimum absolute atomic E-state index is 0.0792. The number of anilines is 3. The van der Waals surface area contributed by atoms with Gasteiger partial charge in [0.15, 0.2) is 28.9 Å². The Morgan fingerprint density at radius 1 is 1.32 bits per heavy atom. The number of ether oxygens (including phenoxy) is 2. The first-order chi connectivity index (χ1) is 18.1. The molecule has 1 saturated heterocycles. The molecule has 2 unspecified atom stereocenters. The molecule has 1 aliphatic rings. The summed E-state index contributed by atoms with van der Waals surface area (Å²) < 4.78 is 17.8. The molecule has 0 spiro atoms. The standard InChI is InChI=1S/C24H26N8O6/c1-13(2)37-19-11-15(12-26-28-19)32-7-6-18(29-32)31-8-9-36-20(22(31)33)24(3,35)23(34)27-14-4-5-16-17(10-14)38-30-21(16)25/h4-7,10-13,20,35H,8-9H2,1-3H3,(H2,25,30)(H,27,34). The number of nitrogens with two attached hydrogens (primary N) is 1. The highest BCUT2D eigenvalue weighted by molar-refractivity contribution is 6.06. The predicted octanol–water partition coefficient (Wildman–Crippen LogP) is 1.29. The monoisotopic (exact) mass is 522 g/mol. The van der Waals surface area contributed by atoms with Crippen LogP contribution in [0.5, 0.6) is 5.88 Å². The number of nitrogens with one attached hydrogen (secondary N) is 1. The van der Waals surface area contributed by atoms with Crippen LogP contribution in [0.25, 0.3) is 16.7 Å². The molecule has 1 aliphatic heterocycles. The highest BCUT2D eigenvalue weighted by Crippen LogP contribution is 2.27. The Balaban J connectivity index is 1.32. The van der Waals surface area contributed by atoms with Crippen molar-refractivity contribution >= 4 is 40.1 Å². The highest BCUT2D eigenvalue weighted by Gasteiger charge is 2.49. The van der Waals surface area contributed by atoms with Crippen LogP contribution < -0.4 is 20.7 Å². The lowest BCUT2D eigenvalue weighted by atomic mass is 9.95. The van der Waals surface area contributed by atoms with Crippen LogP contribution in [-0.2, 0) is 14.3 Å². The molecule has 0 aliphatic carbocycles. The number of morpholine rings is 1. The van der Waals surface area contributed by atoms with Gasteiger partial charge in [0, 0.05) is 30.1 Å². The van der Waals surface area contributed by atoms with Gasteiger partial charge in [0.2, 0.25) is 5.88 Å². The Kier molecular flexibility index (Phi) is 6.42. The number of aliphatic hydroxyl groups is 1. The molecular weight excluding hydrogens is 496 g/mol. The molecule has 5 rings (SSSR count). The number of nitrogens with zero attached hydrogens (tertiary/aromatic N) is 6. The van der Waals surface area contributed by atoms with Gasteiger partial charge in [-0.1, -0.05) is 5.16 Å². The molecule has 4 N–H and O–H groups in total. The van der Waals surface area contributed by atoms with Crippen molar-refractivity contribution in [2.75, 3.05) is 29.1 Å². The number of aromatic nitrogens is 5. The van der Waals surface area contributed by atoms with Crippen LogP contribution in [0.3, 0.4) is 0 Å². The van der Waals surface area contributed by atoms with Crippen molar-refractivity contribution in [2.45, 2.75) is 38.6 Å². The Bertz CT molecular complexity index is 1500. The van der Waals surface area contributed by atoms with Crippen LogP contribution in [-0.4, -0.2) is 73.0 Å². The average molecular weight is 523 g/mol. The molecular formula is C24H26N8O6. The van der Waals surface area contributed by atoms with E-state index >= 15 is 0 Å². The van der Waals surface area contributed by atoms with Crippen LogP contribution in [0.4, 0.5) is 17.3 Å². The Morgan fingerprint density at radius 2 is 2.13 bits per heavy atom. The largest absolute Gasteiger partial charge is 0.474 e. The van der Waals surface area contributed by atoms with Crippen LogP contribution in [0.1, 0.15) is 20.8 Å². The van der Waals surface area contributed by atoms with Crippen LogP contribution >= 0.6 is 0 Å². The highest BCUT2D eigenvalue weighted by atomic mass is 16.5. The number of hydrogen-bond donors (Lipinski definition) is 3. The summed E-state index contributed by atoms with van der Waals surface area (Å²) >= 11 is 0. The predicted molar refractivity (Wildman–Crippen MR) is 135 cm³/mol. The number of carbonyl (C=O) groups excluding carboxylic acids is 2. The van der Waals surface area contributed by atoms with E-state index in [1.807, 2.05) is 13.8 Å². The first-order valence-electron chi connectivity index (χ1n) is 11.8. The van der Waals surface area contributed by atoms with Gasteiger partial charge >= 0.3 is 0 Å². The molecule has 2 atom stereocenters. The van der Waals surface area contributed by atoms with Crippen molar-refractivity contribution in [1.29, 1.82) is 0 Å². The van der Waals surface area contributed by atoms with Gasteiger partial charge in [0.25, 0.3) is 11.8 Å². The molecule has 4 heterocycles. The molecule has 0 saturated carbocycles. The molecule has 0 radical (unpaired) electrons. The van der Waals surface area contributed by atoms with Gasteiger partial charge in [-0.15, -0.1) is 10.2 Å². The maximum absolute atomic E-state index is 13.4. The Labute approximate surface area is 216 Å². The lowest BCUT2D eigenvalue weighted by Crippen LogP contribution is -2.61. The van der Waals surface area contributed by atoms with Gasteiger partial charge in [-0.2, -0.15) is 5.10 Å². The minimum Gasteiger partial charge on any atom is -0.474 e. The van der Waals surface area contributed by atoms with Crippen molar-refractivity contribution in [2.24, 2.45) is 0 Å². The van der Waals surface area contributed by atoms with Crippen molar-refractivity contribution < 1.29 is 28.7 Å². The number of fused-ring (bicyclic) bond motifs is 1. The number of carbonyl (C=O) groups is 2. The molecule has 14 heteroatoms. The van der Waals surface area contributed by atoms with E-state index in [1.165, 1.54) is 28.8 Å². The number of rotatable bonds is 7. The molecule has 4 aromatic rings. The summed E-state index contributed by atoms with van der Waals surface area (Å²) in [6, 6.07) is 8.03. The zero-order chi connectivity index (χ0) is 27.0. The third-order valence-corrected chi connectivity index (χ3v) is 5.91. The molecule has 1 aromatic carbocycles. The summed E-state index contributed by atoms with van der Waals surface area (Å²) in [4.78, 5) is 27.8. The smallest absolute Gasteiger partial charge is 0.260 e. The molecule has 198 valence electrons. The topological polar surface area (TPSA) is 184 Å². The van der Waals surface area contributed by atoms with E-state index in [0.717, 1.165) is 0 Å². The van der Waals surface area contributed by atoms with E-state index in [2.05, 4.69) is 25.8 Å². The zero-order valence-electron chi connectivity index (χ0n) is 20.9. The first-order valence-corrected chi connectivity index (χ1v) is 11.8. The minimum atomic E-state index is -2.20. The molecule has 38 heavy (non-hydrogen) atoms. The Hall–Kier alpha value is -4.56. The van der Waals surface area contributed by atoms with Crippen molar-refractivity contribution in [1.82, 2.24) is 25.1 Å². The number of benzene rings is 1. The molecule has 14 nitrogen and oxygen atoms in total. The molecule has 0 bridgehead atoms. The van der Waals surface area contributed by atoms with Gasteiger partial charge in [-0.05, 0) is 32.9 Å². The quantitative estimate of drug-likeness (QED) is 0.318. The van der Waals surface area contributed by atoms with E-state index in [0.29, 0.717) is 34.0 Å². The van der Waals surface area contributed by atoms with Gasteiger partial charge < -0.3 is 30.2 Å². The van der Waals surface area contributed by atoms with Crippen molar-refractivity contribution in [3.63, 3.8) is 0 Å². The molecule has 2 amide bonds. The second kappa shape index (κ2) is 9.72. The van der Waals surface area contributed by atoms with E-state index in [1.54, 1.807) is 30.5 Å². The normalized spacial score (nSPS) is 17.6. The molecule has 3 aromatic heterocycles. The second-order valence-electron chi connectivity index (χ2n) is 9.16. The maximum Gasteiger partial charge on any atom is 0.260 e. The van der Waals surface area contributed by atoms with E-state index < -0.39 is 23.5 Å². The summed E-state index contributed by atoms with van der Waals surface area (Å²) in [6.07, 6.45) is 1.61. The fourth-order valence-electron chi connectivity index (χ4n) is 3.99. The SMILES string of the molecule is CC(C)Oc1cc(-n2ccc(N3CCOC(C(C)(O)C(=O)Nc4ccc5c(N)noc5c4)C3=O)n2)cnn1. The third-order valence-electron chi connectivity index (χ3n) is 5.91. The molecule has 1 fully saturated rings. The van der Waals surface area contributed by atoms with Crippen LogP contribution in [0.15, 0.2) is 47.2 Å². The van der Waals surface area contributed by atoms with Crippen molar-refractivity contribution in [3.05, 3.63) is 42.7 Å². The van der Waals surface area contributed by atoms with Gasteiger partial charge in [-0.3, -0.25) is 14.5 Å². The summed E-state index contributed by atoms with van der Waals surface area (Å²) in [5.41, 5.74) is 4.78. The van der Waals surface area contributed by atoms with Gasteiger partial charge in [0.1, 0.15) is 0 Å². The van der Waals surface area contributed by atoms with E-state index in [4.69, 9.17) is 19.7 Å². The van der Waals surface area contributed by atoms with E-state index in [-0.39, 0.29) is 25.1 Å². The summed E-state index contributed by atoms with van der Waals surface area (Å²) in [5, 5.41) is 30.3. The average Bonchev–Trinajstić information content (AvgIpc) is 3.51. The fourth-order valence-corrected chi connectivity index (χ4v) is 3.99. The second-order valence-corrected chi connectivity index (χ2v) is 9.16. The summed E-state index contributed by atoms with van der Waals surface area (Å²) in [5.74, 6) is -0.577. The van der Waals surface area contributed by atoms with Gasteiger partial charge in [0.05, 0.1) is 36.5 Å². The zero-order valence-corrected chi connectivity index (χ0v) is 20.9. The maximum atomic E-state index is 13.4. The number of amides is 2. The van der Waals surface area contributed by atoms with Crippen LogP contribution in [0.2, 0.25) is 0 Å². The lowest BCUT2D eigenvalue weighted by molar-refractivity contribution is -0.165. The fraction of sp³-hybridized carbons (Fsp3) is 0.333.